The second-order valence-corrected chi connectivity index (χ2v) is 6.42. The van der Waals surface area contributed by atoms with Crippen LogP contribution in [0.4, 0.5) is 0 Å². The molecule has 23 heavy (non-hydrogen) atoms. The lowest BCUT2D eigenvalue weighted by molar-refractivity contribution is -0.158. The number of aliphatic hydroxyl groups excluding tert-OH is 2. The summed E-state index contributed by atoms with van der Waals surface area (Å²) in [4.78, 5) is 12.4. The number of carbonyl (C=O) groups is 1. The first-order valence-electron chi connectivity index (χ1n) is 8.40. The fraction of sp³-hybridized carbons (Fsp3) is 0.611. The van der Waals surface area contributed by atoms with E-state index in [9.17, 15) is 15.0 Å². The molecule has 2 rings (SSSR count). The minimum absolute atomic E-state index is 0.161. The molecule has 0 bridgehead atoms. The quantitative estimate of drug-likeness (QED) is 0.527. The normalized spacial score (nSPS) is 19.8. The van der Waals surface area contributed by atoms with Crippen LogP contribution in [0.2, 0.25) is 0 Å². The molecule has 1 aromatic carbocycles. The lowest BCUT2D eigenvalue weighted by Crippen LogP contribution is -2.44. The van der Waals surface area contributed by atoms with Crippen molar-refractivity contribution in [3.05, 3.63) is 35.9 Å². The molecule has 0 saturated heterocycles. The molecule has 0 amide bonds. The van der Waals surface area contributed by atoms with Gasteiger partial charge in [-0.3, -0.25) is 4.79 Å². The highest BCUT2D eigenvalue weighted by atomic mass is 16.5. The fourth-order valence-electron chi connectivity index (χ4n) is 3.23. The average Bonchev–Trinajstić information content (AvgIpc) is 2.58. The fourth-order valence-corrected chi connectivity index (χ4v) is 3.23. The zero-order valence-corrected chi connectivity index (χ0v) is 13.4. The van der Waals surface area contributed by atoms with Gasteiger partial charge >= 0.3 is 5.97 Å². The number of nitrogens with two attached hydrogens (primary N) is 1. The summed E-state index contributed by atoms with van der Waals surface area (Å²) < 4.78 is 5.34. The van der Waals surface area contributed by atoms with Gasteiger partial charge in [0.25, 0.3) is 0 Å². The van der Waals surface area contributed by atoms with Crippen molar-refractivity contribution >= 4 is 5.97 Å². The standard InChI is InChI=1S/C18H27NO4/c19-17(21)16(20)15(11-13-7-3-1-4-8-13)18(22)23-12-14-9-5-2-6-10-14/h2,5-6,9-10,13,15-17,20-21H,1,3-4,7-8,11-12,19H2. The zero-order chi connectivity index (χ0) is 16.7. The number of carbonyl (C=O) groups excluding carboxylic acids is 1. The third-order valence-corrected chi connectivity index (χ3v) is 4.60. The Morgan fingerprint density at radius 3 is 2.43 bits per heavy atom. The van der Waals surface area contributed by atoms with Gasteiger partial charge in [-0.15, -0.1) is 0 Å². The Bertz CT molecular complexity index is 471. The minimum atomic E-state index is -1.44. The highest BCUT2D eigenvalue weighted by Gasteiger charge is 2.34. The molecule has 3 unspecified atom stereocenters. The number of aliphatic hydroxyl groups is 2. The van der Waals surface area contributed by atoms with Crippen LogP contribution in [0.25, 0.3) is 0 Å². The molecule has 1 saturated carbocycles. The Hall–Kier alpha value is -1.43. The lowest BCUT2D eigenvalue weighted by atomic mass is 9.81. The van der Waals surface area contributed by atoms with Gasteiger partial charge in [0.2, 0.25) is 0 Å². The predicted molar refractivity (Wildman–Crippen MR) is 87.1 cm³/mol. The highest BCUT2D eigenvalue weighted by molar-refractivity contribution is 5.73. The van der Waals surface area contributed by atoms with Crippen molar-refractivity contribution < 1.29 is 19.7 Å². The summed E-state index contributed by atoms with van der Waals surface area (Å²) in [6.45, 7) is 0.161. The van der Waals surface area contributed by atoms with Crippen molar-refractivity contribution in [1.29, 1.82) is 0 Å². The van der Waals surface area contributed by atoms with Gasteiger partial charge in [0.15, 0.2) is 0 Å². The number of benzene rings is 1. The molecule has 5 heteroatoms. The van der Waals surface area contributed by atoms with E-state index in [0.717, 1.165) is 31.2 Å². The summed E-state index contributed by atoms with van der Waals surface area (Å²) in [5.41, 5.74) is 6.27. The van der Waals surface area contributed by atoms with Crippen molar-refractivity contribution in [1.82, 2.24) is 0 Å². The van der Waals surface area contributed by atoms with Crippen LogP contribution in [0.5, 0.6) is 0 Å². The van der Waals surface area contributed by atoms with Gasteiger partial charge in [0.05, 0.1) is 5.92 Å². The first-order valence-corrected chi connectivity index (χ1v) is 8.40. The molecule has 1 fully saturated rings. The maximum absolute atomic E-state index is 12.4. The molecule has 3 atom stereocenters. The topological polar surface area (TPSA) is 92.8 Å². The number of ether oxygens (including phenoxy) is 1. The van der Waals surface area contributed by atoms with Crippen LogP contribution in [0.15, 0.2) is 30.3 Å². The van der Waals surface area contributed by atoms with Gasteiger partial charge in [-0.2, -0.15) is 0 Å². The first-order chi connectivity index (χ1) is 11.1. The molecule has 128 valence electrons. The Morgan fingerprint density at radius 2 is 1.83 bits per heavy atom. The maximum atomic E-state index is 12.4. The zero-order valence-electron chi connectivity index (χ0n) is 13.4. The summed E-state index contributed by atoms with van der Waals surface area (Å²) in [6.07, 6.45) is 3.42. The SMILES string of the molecule is NC(O)C(O)C(CC1CCCCC1)C(=O)OCc1ccccc1. The summed E-state index contributed by atoms with van der Waals surface area (Å²) in [7, 11) is 0. The largest absolute Gasteiger partial charge is 0.461 e. The van der Waals surface area contributed by atoms with E-state index in [-0.39, 0.29) is 6.61 Å². The Labute approximate surface area is 137 Å². The molecule has 0 radical (unpaired) electrons. The van der Waals surface area contributed by atoms with E-state index in [4.69, 9.17) is 10.5 Å². The number of hydrogen-bond acceptors (Lipinski definition) is 5. The average molecular weight is 321 g/mol. The Balaban J connectivity index is 1.95. The van der Waals surface area contributed by atoms with E-state index in [1.165, 1.54) is 6.42 Å². The van der Waals surface area contributed by atoms with E-state index >= 15 is 0 Å². The molecule has 0 aliphatic heterocycles. The van der Waals surface area contributed by atoms with Crippen LogP contribution in [0.1, 0.15) is 44.1 Å². The molecular formula is C18H27NO4. The van der Waals surface area contributed by atoms with Gasteiger partial charge in [-0.25, -0.2) is 0 Å². The van der Waals surface area contributed by atoms with Crippen molar-refractivity contribution in [2.75, 3.05) is 0 Å². The van der Waals surface area contributed by atoms with E-state index in [1.807, 2.05) is 30.3 Å². The number of rotatable bonds is 7. The second-order valence-electron chi connectivity index (χ2n) is 6.42. The maximum Gasteiger partial charge on any atom is 0.312 e. The Kier molecular flexibility index (Phi) is 7.02. The predicted octanol–water partition coefficient (Wildman–Crippen LogP) is 1.95. The van der Waals surface area contributed by atoms with Crippen LogP contribution in [0, 0.1) is 11.8 Å². The molecule has 0 spiro atoms. The lowest BCUT2D eigenvalue weighted by Gasteiger charge is -2.29. The van der Waals surface area contributed by atoms with Crippen molar-refractivity contribution in [3.8, 4) is 0 Å². The molecule has 1 aliphatic rings. The number of esters is 1. The van der Waals surface area contributed by atoms with Crippen molar-refractivity contribution in [2.24, 2.45) is 17.6 Å². The van der Waals surface area contributed by atoms with E-state index in [2.05, 4.69) is 0 Å². The third-order valence-electron chi connectivity index (χ3n) is 4.60. The van der Waals surface area contributed by atoms with Gasteiger partial charge in [-0.05, 0) is 17.9 Å². The first kappa shape index (κ1) is 17.9. The van der Waals surface area contributed by atoms with Crippen LogP contribution >= 0.6 is 0 Å². The molecule has 0 aromatic heterocycles. The van der Waals surface area contributed by atoms with Crippen LogP contribution in [-0.4, -0.2) is 28.5 Å². The third kappa shape index (κ3) is 5.61. The summed E-state index contributed by atoms with van der Waals surface area (Å²) in [5.74, 6) is -0.885. The van der Waals surface area contributed by atoms with Gasteiger partial charge in [0.1, 0.15) is 18.9 Å². The van der Waals surface area contributed by atoms with Crippen molar-refractivity contribution in [2.45, 2.75) is 57.5 Å². The van der Waals surface area contributed by atoms with Crippen molar-refractivity contribution in [3.63, 3.8) is 0 Å². The minimum Gasteiger partial charge on any atom is -0.461 e. The molecule has 4 N–H and O–H groups in total. The van der Waals surface area contributed by atoms with Gasteiger partial charge in [0, 0.05) is 0 Å². The Morgan fingerprint density at radius 1 is 1.17 bits per heavy atom. The molecule has 5 nitrogen and oxygen atoms in total. The van der Waals surface area contributed by atoms with Gasteiger partial charge < -0.3 is 20.7 Å². The van der Waals surface area contributed by atoms with Gasteiger partial charge in [-0.1, -0.05) is 62.4 Å². The van der Waals surface area contributed by atoms with Crippen LogP contribution < -0.4 is 5.73 Å². The van der Waals surface area contributed by atoms with E-state index < -0.39 is 24.2 Å². The van der Waals surface area contributed by atoms with E-state index in [0.29, 0.717) is 12.3 Å². The summed E-state index contributed by atoms with van der Waals surface area (Å²) in [5, 5.41) is 19.6. The van der Waals surface area contributed by atoms with E-state index in [1.54, 1.807) is 0 Å². The second kappa shape index (κ2) is 9.01. The summed E-state index contributed by atoms with van der Waals surface area (Å²) >= 11 is 0. The molecular weight excluding hydrogens is 294 g/mol. The van der Waals surface area contributed by atoms with Crippen LogP contribution in [-0.2, 0) is 16.1 Å². The van der Waals surface area contributed by atoms with Crippen LogP contribution in [0.3, 0.4) is 0 Å². The molecule has 1 aliphatic carbocycles. The number of hydrogen-bond donors (Lipinski definition) is 3. The smallest absolute Gasteiger partial charge is 0.312 e. The monoisotopic (exact) mass is 321 g/mol. The molecule has 1 aromatic rings. The highest BCUT2D eigenvalue weighted by Crippen LogP contribution is 2.31. The summed E-state index contributed by atoms with van der Waals surface area (Å²) in [6, 6.07) is 9.39. The molecule has 0 heterocycles.